The van der Waals surface area contributed by atoms with Crippen LogP contribution in [0.3, 0.4) is 0 Å². The van der Waals surface area contributed by atoms with Gasteiger partial charge in [-0.15, -0.1) is 0 Å². The van der Waals surface area contributed by atoms with Gasteiger partial charge in [0.05, 0.1) is 12.7 Å². The molecule has 1 heterocycles. The fraction of sp³-hybridized carbons (Fsp3) is 0.481. The van der Waals surface area contributed by atoms with Crippen molar-refractivity contribution in [3.05, 3.63) is 71.8 Å². The highest BCUT2D eigenvalue weighted by Gasteiger charge is 2.59. The third-order valence-electron chi connectivity index (χ3n) is 7.33. The molecule has 2 fully saturated rings. The van der Waals surface area contributed by atoms with Gasteiger partial charge in [0, 0.05) is 6.42 Å². The summed E-state index contributed by atoms with van der Waals surface area (Å²) >= 11 is 0. The number of rotatable bonds is 6. The number of benzene rings is 2. The number of alkyl halides is 1. The zero-order valence-electron chi connectivity index (χ0n) is 20.0. The van der Waals surface area contributed by atoms with E-state index in [4.69, 9.17) is 9.16 Å². The minimum atomic E-state index is -1.95. The smallest absolute Gasteiger partial charge is 0.192 e. The van der Waals surface area contributed by atoms with Crippen molar-refractivity contribution in [1.29, 1.82) is 0 Å². The number of halogens is 1. The van der Waals surface area contributed by atoms with E-state index in [1.165, 1.54) is 16.2 Å². The number of allylic oxidation sites excluding steroid dienone is 1. The van der Waals surface area contributed by atoms with Crippen LogP contribution in [0.2, 0.25) is 18.1 Å². The molecule has 0 amide bonds. The van der Waals surface area contributed by atoms with E-state index in [0.29, 0.717) is 21.6 Å². The third kappa shape index (κ3) is 5.09. The molecule has 1 saturated heterocycles. The van der Waals surface area contributed by atoms with Crippen LogP contribution in [0.25, 0.3) is 0 Å². The first kappa shape index (κ1) is 23.8. The molecule has 1 spiro atoms. The first-order chi connectivity index (χ1) is 15.1. The Bertz CT molecular complexity index is 963. The maximum absolute atomic E-state index is 15.3. The Morgan fingerprint density at radius 1 is 1.12 bits per heavy atom. The number of hydrogen-bond donors (Lipinski definition) is 0. The van der Waals surface area contributed by atoms with Crippen molar-refractivity contribution in [2.45, 2.75) is 76.0 Å². The van der Waals surface area contributed by atoms with E-state index in [2.05, 4.69) is 94.5 Å². The molecule has 4 rings (SSSR count). The SMILES string of the molecule is CC(C)(C)[Si](C)(C)O[C@@H]1C/C(=C/Cc2ccccc2Pc2ccccc2)C2(CO2)[C@@H](F)C1. The van der Waals surface area contributed by atoms with E-state index in [9.17, 15) is 0 Å². The maximum Gasteiger partial charge on any atom is 0.192 e. The molecule has 0 bridgehead atoms. The van der Waals surface area contributed by atoms with Crippen LogP contribution < -0.4 is 10.6 Å². The van der Waals surface area contributed by atoms with Crippen molar-refractivity contribution in [2.75, 3.05) is 6.61 Å². The number of hydrogen-bond acceptors (Lipinski definition) is 2. The topological polar surface area (TPSA) is 21.8 Å². The Morgan fingerprint density at radius 2 is 1.78 bits per heavy atom. The van der Waals surface area contributed by atoms with E-state index in [1.54, 1.807) is 0 Å². The van der Waals surface area contributed by atoms with Crippen molar-refractivity contribution in [2.24, 2.45) is 0 Å². The monoisotopic (exact) mass is 470 g/mol. The lowest BCUT2D eigenvalue weighted by Crippen LogP contribution is -2.48. The van der Waals surface area contributed by atoms with Crippen LogP contribution >= 0.6 is 8.58 Å². The highest BCUT2D eigenvalue weighted by Crippen LogP contribution is 2.49. The van der Waals surface area contributed by atoms with Gasteiger partial charge in [0.1, 0.15) is 11.8 Å². The summed E-state index contributed by atoms with van der Waals surface area (Å²) in [6.45, 7) is 11.7. The second-order valence-corrected chi connectivity index (χ2v) is 16.8. The van der Waals surface area contributed by atoms with Crippen LogP contribution in [0.5, 0.6) is 0 Å². The molecule has 2 aromatic carbocycles. The summed E-state index contributed by atoms with van der Waals surface area (Å²) in [5.41, 5.74) is 1.71. The molecular formula is C27H36FO2PSi. The predicted octanol–water partition coefficient (Wildman–Crippen LogP) is 6.08. The van der Waals surface area contributed by atoms with Crippen molar-refractivity contribution < 1.29 is 13.6 Å². The molecule has 32 heavy (non-hydrogen) atoms. The lowest BCUT2D eigenvalue weighted by atomic mass is 9.80. The highest BCUT2D eigenvalue weighted by atomic mass is 31.1. The Hall–Kier alpha value is -1.32. The first-order valence-corrected chi connectivity index (χ1v) is 15.6. The van der Waals surface area contributed by atoms with E-state index < -0.39 is 20.1 Å². The minimum Gasteiger partial charge on any atom is -0.414 e. The van der Waals surface area contributed by atoms with E-state index in [1.807, 2.05) is 0 Å². The molecule has 1 aliphatic heterocycles. The van der Waals surface area contributed by atoms with Crippen LogP contribution in [0.4, 0.5) is 4.39 Å². The van der Waals surface area contributed by atoms with Crippen LogP contribution in [-0.4, -0.2) is 32.8 Å². The number of ether oxygens (including phenoxy) is 1. The van der Waals surface area contributed by atoms with Gasteiger partial charge in [-0.05, 0) is 52.7 Å². The fourth-order valence-electron chi connectivity index (χ4n) is 4.24. The molecule has 4 atom stereocenters. The Labute approximate surface area is 195 Å². The molecule has 172 valence electrons. The molecule has 2 aromatic rings. The average Bonchev–Trinajstić information content (AvgIpc) is 3.52. The molecule has 2 aliphatic rings. The summed E-state index contributed by atoms with van der Waals surface area (Å²) in [5, 5.41) is 2.80. The lowest BCUT2D eigenvalue weighted by Gasteiger charge is -2.42. The summed E-state index contributed by atoms with van der Waals surface area (Å²) < 4.78 is 27.6. The Balaban J connectivity index is 1.53. The van der Waals surface area contributed by atoms with Gasteiger partial charge in [-0.1, -0.05) is 90.0 Å². The van der Waals surface area contributed by atoms with E-state index >= 15 is 4.39 Å². The predicted molar refractivity (Wildman–Crippen MR) is 137 cm³/mol. The zero-order valence-corrected chi connectivity index (χ0v) is 22.0. The molecule has 2 unspecified atom stereocenters. The van der Waals surface area contributed by atoms with Gasteiger partial charge in [0.15, 0.2) is 8.32 Å². The maximum atomic E-state index is 15.3. The van der Waals surface area contributed by atoms with E-state index in [-0.39, 0.29) is 11.1 Å². The van der Waals surface area contributed by atoms with Crippen LogP contribution in [0.1, 0.15) is 39.2 Å². The molecule has 5 heteroatoms. The second-order valence-electron chi connectivity index (χ2n) is 10.7. The quantitative estimate of drug-likeness (QED) is 0.221. The van der Waals surface area contributed by atoms with Gasteiger partial charge in [-0.25, -0.2) is 4.39 Å². The summed E-state index contributed by atoms with van der Waals surface area (Å²) in [5.74, 6) is 0. The van der Waals surface area contributed by atoms with Crippen LogP contribution in [0, 0.1) is 0 Å². The summed E-state index contributed by atoms with van der Waals surface area (Å²) in [4.78, 5) is 0. The molecule has 2 nitrogen and oxygen atoms in total. The standard InChI is InChI=1S/C27H36FO2PSi/c1-26(2,3)32(4,5)30-22-17-21(27(19-29-27)25(28)18-22)16-15-20-11-9-10-14-24(20)31-23-12-7-6-8-13-23/h6-14,16,22,25,31H,15,17-19H2,1-5H3/b21-16-/t22-,25+,27?/m1/s1. The zero-order chi connectivity index (χ0) is 23.0. The van der Waals surface area contributed by atoms with Gasteiger partial charge in [-0.3, -0.25) is 0 Å². The van der Waals surface area contributed by atoms with Crippen LogP contribution in [-0.2, 0) is 15.6 Å². The minimum absolute atomic E-state index is 0.0617. The lowest BCUT2D eigenvalue weighted by molar-refractivity contribution is 0.0672. The van der Waals surface area contributed by atoms with Crippen LogP contribution in [0.15, 0.2) is 66.2 Å². The Morgan fingerprint density at radius 3 is 2.44 bits per heavy atom. The molecule has 1 aliphatic carbocycles. The molecular weight excluding hydrogens is 434 g/mol. The van der Waals surface area contributed by atoms with Crippen molar-refractivity contribution >= 4 is 27.5 Å². The largest absolute Gasteiger partial charge is 0.414 e. The molecule has 0 aromatic heterocycles. The van der Waals surface area contributed by atoms with Gasteiger partial charge in [0.25, 0.3) is 0 Å². The molecule has 1 saturated carbocycles. The fourth-order valence-corrected chi connectivity index (χ4v) is 6.80. The van der Waals surface area contributed by atoms with Crippen molar-refractivity contribution in [1.82, 2.24) is 0 Å². The average molecular weight is 471 g/mol. The van der Waals surface area contributed by atoms with E-state index in [0.717, 1.165) is 18.4 Å². The summed E-state index contributed by atoms with van der Waals surface area (Å²) in [6.07, 6.45) is 3.20. The first-order valence-electron chi connectivity index (χ1n) is 11.7. The van der Waals surface area contributed by atoms with Gasteiger partial charge >= 0.3 is 0 Å². The Kier molecular flexibility index (Phi) is 6.80. The molecule has 0 radical (unpaired) electrons. The van der Waals surface area contributed by atoms with Crippen molar-refractivity contribution in [3.63, 3.8) is 0 Å². The summed E-state index contributed by atoms with van der Waals surface area (Å²) in [7, 11) is -1.33. The normalized spacial score (nSPS) is 27.5. The van der Waals surface area contributed by atoms with Gasteiger partial charge in [-0.2, -0.15) is 0 Å². The van der Waals surface area contributed by atoms with Gasteiger partial charge < -0.3 is 9.16 Å². The highest BCUT2D eigenvalue weighted by molar-refractivity contribution is 7.55. The second kappa shape index (κ2) is 9.14. The number of epoxide rings is 1. The molecule has 0 N–H and O–H groups in total. The van der Waals surface area contributed by atoms with Gasteiger partial charge in [0.2, 0.25) is 0 Å². The summed E-state index contributed by atoms with van der Waals surface area (Å²) in [6, 6.07) is 19.2. The van der Waals surface area contributed by atoms with Crippen molar-refractivity contribution in [3.8, 4) is 0 Å². The third-order valence-corrected chi connectivity index (χ3v) is 13.2.